The van der Waals surface area contributed by atoms with E-state index in [9.17, 15) is 19.1 Å². The number of aromatic amines is 1. The van der Waals surface area contributed by atoms with Crippen LogP contribution in [0.5, 0.6) is 0 Å². The molecule has 0 radical (unpaired) electrons. The van der Waals surface area contributed by atoms with E-state index in [0.29, 0.717) is 24.0 Å². The van der Waals surface area contributed by atoms with Crippen LogP contribution in [0, 0.1) is 17.2 Å². The fourth-order valence-electron chi connectivity index (χ4n) is 3.25. The van der Waals surface area contributed by atoms with E-state index in [1.54, 1.807) is 0 Å². The lowest BCUT2D eigenvalue weighted by Gasteiger charge is -2.28. The highest BCUT2D eigenvalue weighted by Crippen LogP contribution is 2.39. The minimum absolute atomic E-state index is 0.101. The molecule has 7 heteroatoms. The molecule has 1 amide bonds. The lowest BCUT2D eigenvalue weighted by atomic mass is 9.76. The SMILES string of the molecule is CC(C)C1(C(=O)O)CCN(C(=O)c2cc(F)cc3[nH]cnc23)C1. The molecule has 1 aromatic heterocycles. The molecule has 0 bridgehead atoms. The first-order valence-electron chi connectivity index (χ1n) is 7.50. The maximum absolute atomic E-state index is 13.7. The van der Waals surface area contributed by atoms with Crippen molar-refractivity contribution in [3.05, 3.63) is 29.8 Å². The smallest absolute Gasteiger partial charge is 0.311 e. The average Bonchev–Trinajstić information content (AvgIpc) is 3.12. The zero-order valence-corrected chi connectivity index (χ0v) is 13.0. The highest BCUT2D eigenvalue weighted by molar-refractivity contribution is 6.05. The Labute approximate surface area is 132 Å². The Kier molecular flexibility index (Phi) is 3.58. The predicted molar refractivity (Wildman–Crippen MR) is 81.5 cm³/mol. The number of rotatable bonds is 3. The molecule has 6 nitrogen and oxygen atoms in total. The van der Waals surface area contributed by atoms with Crippen LogP contribution in [-0.4, -0.2) is 44.9 Å². The Bertz CT molecular complexity index is 786. The van der Waals surface area contributed by atoms with Crippen LogP contribution < -0.4 is 0 Å². The number of aliphatic carboxylic acids is 1. The van der Waals surface area contributed by atoms with Crippen molar-refractivity contribution in [2.45, 2.75) is 20.3 Å². The summed E-state index contributed by atoms with van der Waals surface area (Å²) in [6.45, 7) is 4.15. The molecule has 0 spiro atoms. The van der Waals surface area contributed by atoms with Crippen LogP contribution in [0.4, 0.5) is 4.39 Å². The number of nitrogens with zero attached hydrogens (tertiary/aromatic N) is 2. The Morgan fingerprint density at radius 1 is 1.43 bits per heavy atom. The second-order valence-corrected chi connectivity index (χ2v) is 6.34. The van der Waals surface area contributed by atoms with Gasteiger partial charge in [0, 0.05) is 13.1 Å². The normalized spacial score (nSPS) is 21.3. The van der Waals surface area contributed by atoms with Crippen LogP contribution >= 0.6 is 0 Å². The summed E-state index contributed by atoms with van der Waals surface area (Å²) in [5.74, 6) is -1.91. The van der Waals surface area contributed by atoms with Crippen molar-refractivity contribution in [3.63, 3.8) is 0 Å². The Morgan fingerprint density at radius 2 is 2.17 bits per heavy atom. The molecule has 1 saturated heterocycles. The van der Waals surface area contributed by atoms with Gasteiger partial charge in [0.25, 0.3) is 5.91 Å². The van der Waals surface area contributed by atoms with Gasteiger partial charge in [-0.25, -0.2) is 9.37 Å². The number of halogens is 1. The standard InChI is InChI=1S/C16H18FN3O3/c1-9(2)16(15(22)23)3-4-20(7-16)14(21)11-5-10(17)6-12-13(11)19-8-18-12/h5-6,8-9H,3-4,7H2,1-2H3,(H,18,19)(H,22,23). The predicted octanol–water partition coefficient (Wildman–Crippen LogP) is 2.27. The summed E-state index contributed by atoms with van der Waals surface area (Å²) in [7, 11) is 0. The molecule has 1 unspecified atom stereocenters. The molecule has 1 aliphatic heterocycles. The van der Waals surface area contributed by atoms with Gasteiger partial charge in [-0.2, -0.15) is 0 Å². The quantitative estimate of drug-likeness (QED) is 0.908. The summed E-state index contributed by atoms with van der Waals surface area (Å²) in [6, 6.07) is 2.43. The number of aromatic nitrogens is 2. The lowest BCUT2D eigenvalue weighted by Crippen LogP contribution is -2.40. The van der Waals surface area contributed by atoms with Crippen LogP contribution in [0.3, 0.4) is 0 Å². The summed E-state index contributed by atoms with van der Waals surface area (Å²) in [6.07, 6.45) is 1.80. The van der Waals surface area contributed by atoms with Crippen LogP contribution in [0.15, 0.2) is 18.5 Å². The van der Waals surface area contributed by atoms with Gasteiger partial charge in [0.15, 0.2) is 0 Å². The maximum Gasteiger partial charge on any atom is 0.311 e. The number of carbonyl (C=O) groups excluding carboxylic acids is 1. The number of carboxylic acids is 1. The molecule has 23 heavy (non-hydrogen) atoms. The van der Waals surface area contributed by atoms with Crippen LogP contribution in [0.25, 0.3) is 11.0 Å². The van der Waals surface area contributed by atoms with Gasteiger partial charge < -0.3 is 15.0 Å². The van der Waals surface area contributed by atoms with Crippen LogP contribution in [0.2, 0.25) is 0 Å². The molecule has 3 rings (SSSR count). The van der Waals surface area contributed by atoms with E-state index >= 15 is 0 Å². The number of nitrogens with one attached hydrogen (secondary N) is 1. The third kappa shape index (κ3) is 2.36. The van der Waals surface area contributed by atoms with Gasteiger partial charge in [0.2, 0.25) is 0 Å². The number of hydrogen-bond donors (Lipinski definition) is 2. The van der Waals surface area contributed by atoms with Gasteiger partial charge in [-0.05, 0) is 24.5 Å². The molecular formula is C16H18FN3O3. The number of likely N-dealkylation sites (tertiary alicyclic amines) is 1. The van der Waals surface area contributed by atoms with Crippen LogP contribution in [-0.2, 0) is 4.79 Å². The van der Waals surface area contributed by atoms with Gasteiger partial charge in [0.1, 0.15) is 11.3 Å². The Morgan fingerprint density at radius 3 is 2.78 bits per heavy atom. The molecule has 1 aromatic carbocycles. The second kappa shape index (κ2) is 5.33. The van der Waals surface area contributed by atoms with Gasteiger partial charge in [-0.1, -0.05) is 13.8 Å². The molecule has 1 fully saturated rings. The first-order valence-corrected chi connectivity index (χ1v) is 7.50. The molecule has 1 atom stereocenters. The van der Waals surface area contributed by atoms with Crippen molar-refractivity contribution in [1.29, 1.82) is 0 Å². The summed E-state index contributed by atoms with van der Waals surface area (Å²) in [4.78, 5) is 32.8. The summed E-state index contributed by atoms with van der Waals surface area (Å²) in [5.41, 5.74) is 0.0501. The van der Waals surface area contributed by atoms with Crippen molar-refractivity contribution < 1.29 is 19.1 Å². The molecule has 2 aromatic rings. The lowest BCUT2D eigenvalue weighted by molar-refractivity contribution is -0.150. The zero-order chi connectivity index (χ0) is 16.8. The summed E-state index contributed by atoms with van der Waals surface area (Å²) in [5, 5.41) is 9.57. The highest BCUT2D eigenvalue weighted by atomic mass is 19.1. The highest BCUT2D eigenvalue weighted by Gasteiger charge is 2.48. The molecule has 0 saturated carbocycles. The van der Waals surface area contributed by atoms with Crippen molar-refractivity contribution in [2.75, 3.05) is 13.1 Å². The van der Waals surface area contributed by atoms with Gasteiger partial charge in [-0.15, -0.1) is 0 Å². The van der Waals surface area contributed by atoms with Gasteiger partial charge in [-0.3, -0.25) is 9.59 Å². The maximum atomic E-state index is 13.7. The largest absolute Gasteiger partial charge is 0.481 e. The first-order chi connectivity index (χ1) is 10.8. The number of carbonyl (C=O) groups is 2. The monoisotopic (exact) mass is 319 g/mol. The number of fused-ring (bicyclic) bond motifs is 1. The van der Waals surface area contributed by atoms with Gasteiger partial charge >= 0.3 is 5.97 Å². The van der Waals surface area contributed by atoms with Gasteiger partial charge in [0.05, 0.1) is 22.8 Å². The number of hydrogen-bond acceptors (Lipinski definition) is 3. The number of H-pyrrole nitrogens is 1. The molecule has 2 heterocycles. The number of carboxylic acid groups (broad SMARTS) is 1. The first kappa shape index (κ1) is 15.5. The topological polar surface area (TPSA) is 86.3 Å². The molecule has 0 aliphatic carbocycles. The van der Waals surface area contributed by atoms with E-state index in [1.165, 1.54) is 17.3 Å². The van der Waals surface area contributed by atoms with Crippen molar-refractivity contribution in [1.82, 2.24) is 14.9 Å². The molecular weight excluding hydrogens is 301 g/mol. The van der Waals surface area contributed by atoms with Crippen molar-refractivity contribution in [2.24, 2.45) is 11.3 Å². The molecule has 2 N–H and O–H groups in total. The fraction of sp³-hybridized carbons (Fsp3) is 0.438. The van der Waals surface area contributed by atoms with Crippen LogP contribution in [0.1, 0.15) is 30.6 Å². The van der Waals surface area contributed by atoms with E-state index in [1.807, 2.05) is 13.8 Å². The minimum Gasteiger partial charge on any atom is -0.481 e. The zero-order valence-electron chi connectivity index (χ0n) is 13.0. The fourth-order valence-corrected chi connectivity index (χ4v) is 3.25. The minimum atomic E-state index is -0.951. The Hall–Kier alpha value is -2.44. The van der Waals surface area contributed by atoms with E-state index in [0.717, 1.165) is 6.07 Å². The van der Waals surface area contributed by atoms with Crippen molar-refractivity contribution in [3.8, 4) is 0 Å². The third-order valence-corrected chi connectivity index (χ3v) is 4.84. The number of amides is 1. The number of benzene rings is 1. The van der Waals surface area contributed by atoms with Crippen molar-refractivity contribution >= 4 is 22.9 Å². The van der Waals surface area contributed by atoms with E-state index in [4.69, 9.17) is 0 Å². The number of imidazole rings is 1. The Balaban J connectivity index is 1.95. The van der Waals surface area contributed by atoms with E-state index in [2.05, 4.69) is 9.97 Å². The third-order valence-electron chi connectivity index (χ3n) is 4.84. The van der Waals surface area contributed by atoms with E-state index in [-0.39, 0.29) is 23.9 Å². The molecule has 122 valence electrons. The van der Waals surface area contributed by atoms with E-state index < -0.39 is 17.2 Å². The molecule has 1 aliphatic rings. The average molecular weight is 319 g/mol. The summed E-state index contributed by atoms with van der Waals surface area (Å²) >= 11 is 0. The second-order valence-electron chi connectivity index (χ2n) is 6.34. The summed E-state index contributed by atoms with van der Waals surface area (Å²) < 4.78 is 13.7.